The van der Waals surface area contributed by atoms with Gasteiger partial charge in [-0.05, 0) is 61.2 Å². The lowest BCUT2D eigenvalue weighted by Gasteiger charge is -2.34. The summed E-state index contributed by atoms with van der Waals surface area (Å²) in [6.07, 6.45) is 0.438. The molecule has 0 aliphatic carbocycles. The third-order valence-corrected chi connectivity index (χ3v) is 6.90. The number of nitrogens with two attached hydrogens (primary N) is 1. The number of hydrogen-bond donors (Lipinski definition) is 1. The van der Waals surface area contributed by atoms with Gasteiger partial charge in [0.1, 0.15) is 18.7 Å². The van der Waals surface area contributed by atoms with Crippen LogP contribution < -0.4 is 5.73 Å². The van der Waals surface area contributed by atoms with Gasteiger partial charge in [-0.2, -0.15) is 0 Å². The number of nitrogen functional groups attached to an aromatic ring is 1. The summed E-state index contributed by atoms with van der Waals surface area (Å²) in [6.45, 7) is 12.7. The molecule has 4 rings (SSSR count). The standard InChI is InChI=1S/C22H23BrN4O2.C7H10O2.C2H6/c23-18-6-7-19-17(12-21(24)25-20(19)13-18)14-26-8-10-27(11-9-26)22(28)29-15-16-4-2-1-3-5-16;1-5(4-8)6(2)7(3)9;1-2/h1-7,12-13H,8-11,14-15H2,(H2,24,25);4H,1-3H3;1-2H3/b;6-5-;. The Hall–Kier alpha value is -3.56. The van der Waals surface area contributed by atoms with Gasteiger partial charge in [0.25, 0.3) is 0 Å². The van der Waals surface area contributed by atoms with E-state index in [1.54, 1.807) is 18.7 Å². The highest BCUT2D eigenvalue weighted by Gasteiger charge is 2.23. The Labute approximate surface area is 245 Å². The van der Waals surface area contributed by atoms with Crippen LogP contribution in [0.4, 0.5) is 10.6 Å². The minimum atomic E-state index is -0.253. The molecule has 2 heterocycles. The Morgan fingerprint density at radius 1 is 1.00 bits per heavy atom. The summed E-state index contributed by atoms with van der Waals surface area (Å²) >= 11 is 3.49. The maximum Gasteiger partial charge on any atom is 0.410 e. The molecule has 40 heavy (non-hydrogen) atoms. The van der Waals surface area contributed by atoms with Gasteiger partial charge in [0, 0.05) is 42.6 Å². The van der Waals surface area contributed by atoms with E-state index in [1.807, 2.05) is 62.4 Å². The number of pyridine rings is 1. The summed E-state index contributed by atoms with van der Waals surface area (Å²) < 4.78 is 6.43. The number of fused-ring (bicyclic) bond motifs is 1. The van der Waals surface area contributed by atoms with Gasteiger partial charge in [0.2, 0.25) is 0 Å². The minimum Gasteiger partial charge on any atom is -0.445 e. The van der Waals surface area contributed by atoms with E-state index in [0.29, 0.717) is 42.9 Å². The smallest absolute Gasteiger partial charge is 0.410 e. The number of halogens is 1. The molecule has 1 aliphatic heterocycles. The molecule has 0 saturated carbocycles. The largest absolute Gasteiger partial charge is 0.445 e. The maximum absolute atomic E-state index is 12.3. The zero-order valence-electron chi connectivity index (χ0n) is 23.9. The number of amides is 1. The van der Waals surface area contributed by atoms with Crippen molar-refractivity contribution in [2.75, 3.05) is 31.9 Å². The van der Waals surface area contributed by atoms with Crippen LogP contribution in [0, 0.1) is 0 Å². The first-order valence-electron chi connectivity index (χ1n) is 13.3. The fourth-order valence-corrected chi connectivity index (χ4v) is 4.28. The van der Waals surface area contributed by atoms with Crippen LogP contribution in [0.3, 0.4) is 0 Å². The number of aromatic nitrogens is 1. The van der Waals surface area contributed by atoms with Crippen LogP contribution in [0.5, 0.6) is 0 Å². The SMILES string of the molecule is CC.CC(=O)/C(C)=C(/C)C=O.Nc1cc(CN2CCN(C(=O)OCc3ccccc3)CC2)c2ccc(Br)cc2n1. The topological polar surface area (TPSA) is 106 Å². The molecule has 2 aromatic carbocycles. The molecule has 214 valence electrons. The lowest BCUT2D eigenvalue weighted by molar-refractivity contribution is -0.114. The van der Waals surface area contributed by atoms with Gasteiger partial charge in [0.15, 0.2) is 5.78 Å². The normalized spacial score (nSPS) is 13.7. The average Bonchev–Trinajstić information content (AvgIpc) is 2.97. The summed E-state index contributed by atoms with van der Waals surface area (Å²) in [4.78, 5) is 41.4. The van der Waals surface area contributed by atoms with Gasteiger partial charge in [-0.1, -0.05) is 66.2 Å². The van der Waals surface area contributed by atoms with Gasteiger partial charge < -0.3 is 15.4 Å². The van der Waals surface area contributed by atoms with Crippen molar-refractivity contribution >= 4 is 50.8 Å². The van der Waals surface area contributed by atoms with E-state index in [4.69, 9.17) is 10.5 Å². The molecular weight excluding hydrogens is 572 g/mol. The average molecular weight is 612 g/mol. The Balaban J connectivity index is 0.000000436. The summed E-state index contributed by atoms with van der Waals surface area (Å²) in [5, 5.41) is 1.10. The number of Topliss-reactive ketones (excluding diaryl/α,β-unsaturated/α-hetero) is 1. The van der Waals surface area contributed by atoms with Crippen molar-refractivity contribution in [2.45, 2.75) is 47.8 Å². The highest BCUT2D eigenvalue weighted by atomic mass is 79.9. The lowest BCUT2D eigenvalue weighted by atomic mass is 10.1. The van der Waals surface area contributed by atoms with E-state index in [1.165, 1.54) is 6.92 Å². The van der Waals surface area contributed by atoms with Crippen LogP contribution in [0.1, 0.15) is 45.7 Å². The van der Waals surface area contributed by atoms with Crippen molar-refractivity contribution < 1.29 is 19.1 Å². The zero-order chi connectivity index (χ0) is 29.7. The van der Waals surface area contributed by atoms with Crippen molar-refractivity contribution in [1.29, 1.82) is 0 Å². The van der Waals surface area contributed by atoms with Crippen LogP contribution in [0.15, 0.2) is 70.2 Å². The number of benzene rings is 2. The molecule has 3 aromatic rings. The lowest BCUT2D eigenvalue weighted by Crippen LogP contribution is -2.48. The molecule has 1 aromatic heterocycles. The third-order valence-electron chi connectivity index (χ3n) is 6.40. The minimum absolute atomic E-state index is 0.0420. The molecule has 0 radical (unpaired) electrons. The summed E-state index contributed by atoms with van der Waals surface area (Å²) in [5.41, 5.74) is 10.1. The van der Waals surface area contributed by atoms with E-state index in [2.05, 4.69) is 31.9 Å². The summed E-state index contributed by atoms with van der Waals surface area (Å²) in [6, 6.07) is 17.7. The monoisotopic (exact) mass is 610 g/mol. The molecule has 0 unspecified atom stereocenters. The molecule has 1 fully saturated rings. The van der Waals surface area contributed by atoms with Gasteiger partial charge in [-0.25, -0.2) is 9.78 Å². The van der Waals surface area contributed by atoms with Crippen molar-refractivity contribution in [3.8, 4) is 0 Å². The highest BCUT2D eigenvalue weighted by Crippen LogP contribution is 2.25. The maximum atomic E-state index is 12.3. The molecule has 0 atom stereocenters. The number of ketones is 1. The number of piperazine rings is 1. The number of hydrogen-bond acceptors (Lipinski definition) is 7. The van der Waals surface area contributed by atoms with E-state index in [0.717, 1.165) is 46.1 Å². The van der Waals surface area contributed by atoms with Crippen LogP contribution in [0.25, 0.3) is 10.9 Å². The van der Waals surface area contributed by atoms with E-state index < -0.39 is 0 Å². The number of allylic oxidation sites excluding steroid dienone is 2. The highest BCUT2D eigenvalue weighted by molar-refractivity contribution is 9.10. The van der Waals surface area contributed by atoms with E-state index in [9.17, 15) is 14.4 Å². The van der Waals surface area contributed by atoms with Crippen LogP contribution in [-0.2, 0) is 27.5 Å². The van der Waals surface area contributed by atoms with E-state index in [-0.39, 0.29) is 11.9 Å². The van der Waals surface area contributed by atoms with Crippen molar-refractivity contribution in [1.82, 2.24) is 14.8 Å². The van der Waals surface area contributed by atoms with Crippen LogP contribution >= 0.6 is 15.9 Å². The number of rotatable bonds is 6. The fraction of sp³-hybridized carbons (Fsp3) is 0.355. The summed E-state index contributed by atoms with van der Waals surface area (Å²) in [7, 11) is 0. The van der Waals surface area contributed by atoms with Crippen molar-refractivity contribution in [3.05, 3.63) is 81.3 Å². The van der Waals surface area contributed by atoms with Crippen molar-refractivity contribution in [2.24, 2.45) is 0 Å². The second-order valence-electron chi connectivity index (χ2n) is 9.15. The predicted octanol–water partition coefficient (Wildman–Crippen LogP) is 6.17. The Bertz CT molecular complexity index is 1310. The molecule has 0 spiro atoms. The molecular formula is C31H39BrN4O4. The third kappa shape index (κ3) is 9.88. The molecule has 1 saturated heterocycles. The number of nitrogens with zero attached hydrogens (tertiary/aromatic N) is 3. The summed E-state index contributed by atoms with van der Waals surface area (Å²) in [5.74, 6) is 0.480. The quantitative estimate of drug-likeness (QED) is 0.263. The molecule has 2 N–H and O–H groups in total. The van der Waals surface area contributed by atoms with Crippen LogP contribution in [-0.4, -0.2) is 59.1 Å². The molecule has 1 aliphatic rings. The molecule has 0 bridgehead atoms. The first kappa shape index (κ1) is 32.7. The van der Waals surface area contributed by atoms with Crippen molar-refractivity contribution in [3.63, 3.8) is 0 Å². The molecule has 8 nitrogen and oxygen atoms in total. The molecule has 9 heteroatoms. The number of carbonyl (C=O) groups excluding carboxylic acids is 3. The number of ether oxygens (including phenoxy) is 1. The first-order chi connectivity index (χ1) is 19.2. The Morgan fingerprint density at radius 3 is 2.23 bits per heavy atom. The second-order valence-corrected chi connectivity index (χ2v) is 10.1. The Morgan fingerprint density at radius 2 is 1.65 bits per heavy atom. The van der Waals surface area contributed by atoms with Gasteiger partial charge in [-0.3, -0.25) is 14.5 Å². The first-order valence-corrected chi connectivity index (χ1v) is 14.1. The molecule has 1 amide bonds. The van der Waals surface area contributed by atoms with E-state index >= 15 is 0 Å². The predicted molar refractivity (Wildman–Crippen MR) is 164 cm³/mol. The van der Waals surface area contributed by atoms with Crippen LogP contribution in [0.2, 0.25) is 0 Å². The van der Waals surface area contributed by atoms with Gasteiger partial charge in [0.05, 0.1) is 5.52 Å². The second kappa shape index (κ2) is 16.5. The number of anilines is 1. The number of aldehydes is 1. The van der Waals surface area contributed by atoms with Gasteiger partial charge >= 0.3 is 6.09 Å². The van der Waals surface area contributed by atoms with Gasteiger partial charge in [-0.15, -0.1) is 0 Å². The zero-order valence-corrected chi connectivity index (χ0v) is 25.5. The Kier molecular flexibility index (Phi) is 13.5. The fourth-order valence-electron chi connectivity index (χ4n) is 3.93. The number of carbonyl (C=O) groups is 3.